The Morgan fingerprint density at radius 2 is 1.94 bits per heavy atom. The van der Waals surface area contributed by atoms with E-state index in [0.29, 0.717) is 46.2 Å². The van der Waals surface area contributed by atoms with Crippen LogP contribution in [0.2, 0.25) is 5.02 Å². The topological polar surface area (TPSA) is 87.5 Å². The van der Waals surface area contributed by atoms with Crippen molar-refractivity contribution in [2.24, 2.45) is 0 Å². The number of amides is 1. The van der Waals surface area contributed by atoms with Gasteiger partial charge in [0.05, 0.1) is 30.0 Å². The van der Waals surface area contributed by atoms with Crippen molar-refractivity contribution in [1.29, 1.82) is 0 Å². The summed E-state index contributed by atoms with van der Waals surface area (Å²) >= 11 is 7.53. The Balaban J connectivity index is 1.36. The molecule has 1 fully saturated rings. The third-order valence-electron chi connectivity index (χ3n) is 6.52. The Morgan fingerprint density at radius 1 is 1.17 bits per heavy atom. The Hall–Kier alpha value is -2.81. The molecule has 35 heavy (non-hydrogen) atoms. The van der Waals surface area contributed by atoms with Crippen molar-refractivity contribution in [1.82, 2.24) is 19.8 Å². The minimum atomic E-state index is -0.218. The van der Waals surface area contributed by atoms with Crippen LogP contribution >= 0.6 is 23.4 Å². The molecule has 1 amide bonds. The van der Waals surface area contributed by atoms with Gasteiger partial charge in [-0.25, -0.2) is 4.98 Å². The number of para-hydroxylation sites is 2. The summed E-state index contributed by atoms with van der Waals surface area (Å²) in [7, 11) is 0. The van der Waals surface area contributed by atoms with Crippen molar-refractivity contribution in [3.05, 3.63) is 80.7 Å². The van der Waals surface area contributed by atoms with Gasteiger partial charge in [-0.05, 0) is 42.7 Å². The molecule has 0 unspecified atom stereocenters. The first-order valence-electron chi connectivity index (χ1n) is 11.8. The van der Waals surface area contributed by atoms with Crippen molar-refractivity contribution in [3.8, 4) is 11.4 Å². The number of aromatic hydroxyl groups is 1. The van der Waals surface area contributed by atoms with Crippen LogP contribution in [0.1, 0.15) is 36.1 Å². The second kappa shape index (κ2) is 10.4. The molecule has 2 aromatic carbocycles. The Bertz CT molecular complexity index is 1290. The molecule has 2 N–H and O–H groups in total. The minimum absolute atomic E-state index is 0.0296. The van der Waals surface area contributed by atoms with E-state index in [1.807, 2.05) is 24.3 Å². The van der Waals surface area contributed by atoms with Crippen molar-refractivity contribution in [3.63, 3.8) is 0 Å². The van der Waals surface area contributed by atoms with Gasteiger partial charge in [0.1, 0.15) is 5.75 Å². The molecule has 3 aromatic rings. The van der Waals surface area contributed by atoms with Gasteiger partial charge in [-0.2, -0.15) is 0 Å². The summed E-state index contributed by atoms with van der Waals surface area (Å²) in [5.41, 5.74) is 2.51. The molecule has 5 rings (SSSR count). The number of aromatic nitrogens is 2. The van der Waals surface area contributed by atoms with E-state index in [1.165, 1.54) is 11.0 Å². The molecule has 182 valence electrons. The first kappa shape index (κ1) is 23.9. The van der Waals surface area contributed by atoms with Crippen LogP contribution in [0.15, 0.2) is 58.5 Å². The average molecular weight is 511 g/mol. The summed E-state index contributed by atoms with van der Waals surface area (Å²) < 4.78 is 1.52. The molecule has 0 bridgehead atoms. The molecule has 0 atom stereocenters. The van der Waals surface area contributed by atoms with Crippen LogP contribution in [-0.2, 0) is 24.3 Å². The number of fused-ring (bicyclic) bond motifs is 1. The fraction of sp³-hybridized carbons (Fsp3) is 0.346. The van der Waals surface area contributed by atoms with Gasteiger partial charge in [0.25, 0.3) is 5.56 Å². The maximum atomic E-state index is 13.7. The smallest absolute Gasteiger partial charge is 0.264 e. The fourth-order valence-corrected chi connectivity index (χ4v) is 5.72. The predicted octanol–water partition coefficient (Wildman–Crippen LogP) is 3.91. The zero-order chi connectivity index (χ0) is 24.4. The molecule has 1 saturated carbocycles. The molecule has 0 spiro atoms. The van der Waals surface area contributed by atoms with Gasteiger partial charge in [-0.1, -0.05) is 54.0 Å². The number of halogens is 1. The highest BCUT2D eigenvalue weighted by molar-refractivity contribution is 7.99. The number of carbonyl (C=O) groups is 1. The predicted molar refractivity (Wildman–Crippen MR) is 137 cm³/mol. The molecule has 2 aliphatic rings. The molecular formula is C26H27ClN4O3S. The molecule has 0 radical (unpaired) electrons. The largest absolute Gasteiger partial charge is 0.506 e. The van der Waals surface area contributed by atoms with E-state index in [-0.39, 0.29) is 30.3 Å². The van der Waals surface area contributed by atoms with Crippen molar-refractivity contribution in [2.75, 3.05) is 13.1 Å². The number of hydrogen-bond acceptors (Lipinski definition) is 6. The van der Waals surface area contributed by atoms with Crippen LogP contribution in [0, 0.1) is 0 Å². The Labute approximate surface area is 213 Å². The standard InChI is InChI=1S/C26H27ClN4O3S/c27-18-10-8-17(9-11-18)14-28-15-24(33)30-13-12-21-20(16-30)25(34)31(22-6-1-2-7-23(22)32)26(29-21)35-19-4-3-5-19/h1-2,6-11,19,28,32H,3-5,12-16H2. The number of carbonyl (C=O) groups excluding carboxylic acids is 1. The average Bonchev–Trinajstić information content (AvgIpc) is 2.83. The van der Waals surface area contributed by atoms with E-state index >= 15 is 0 Å². The van der Waals surface area contributed by atoms with Gasteiger partial charge < -0.3 is 15.3 Å². The quantitative estimate of drug-likeness (QED) is 0.469. The zero-order valence-corrected chi connectivity index (χ0v) is 20.8. The van der Waals surface area contributed by atoms with Crippen LogP contribution in [0.5, 0.6) is 5.75 Å². The molecular weight excluding hydrogens is 484 g/mol. The number of nitrogens with zero attached hydrogens (tertiary/aromatic N) is 3. The Morgan fingerprint density at radius 3 is 2.66 bits per heavy atom. The highest BCUT2D eigenvalue weighted by Crippen LogP contribution is 2.37. The lowest BCUT2D eigenvalue weighted by molar-refractivity contribution is -0.131. The number of rotatable bonds is 7. The van der Waals surface area contributed by atoms with E-state index in [0.717, 1.165) is 24.1 Å². The summed E-state index contributed by atoms with van der Waals surface area (Å²) in [6.45, 7) is 1.46. The second-order valence-electron chi connectivity index (χ2n) is 8.91. The molecule has 9 heteroatoms. The van der Waals surface area contributed by atoms with Crippen LogP contribution in [0.25, 0.3) is 5.69 Å². The number of nitrogens with one attached hydrogen (secondary N) is 1. The van der Waals surface area contributed by atoms with Crippen LogP contribution < -0.4 is 10.9 Å². The van der Waals surface area contributed by atoms with Crippen molar-refractivity contribution in [2.45, 2.75) is 49.2 Å². The van der Waals surface area contributed by atoms with Gasteiger partial charge in [0, 0.05) is 29.8 Å². The van der Waals surface area contributed by atoms with E-state index in [9.17, 15) is 14.7 Å². The monoisotopic (exact) mass is 510 g/mol. The van der Waals surface area contributed by atoms with Gasteiger partial charge >= 0.3 is 0 Å². The number of thioether (sulfide) groups is 1. The molecule has 7 nitrogen and oxygen atoms in total. The molecule has 2 heterocycles. The normalized spacial score (nSPS) is 15.5. The number of phenols is 1. The van der Waals surface area contributed by atoms with E-state index in [1.54, 1.807) is 40.9 Å². The number of hydrogen-bond donors (Lipinski definition) is 2. The minimum Gasteiger partial charge on any atom is -0.506 e. The number of phenolic OH excluding ortho intramolecular Hbond substituents is 1. The van der Waals surface area contributed by atoms with Crippen molar-refractivity contribution >= 4 is 29.3 Å². The summed E-state index contributed by atoms with van der Waals surface area (Å²) in [6, 6.07) is 14.3. The lowest BCUT2D eigenvalue weighted by Crippen LogP contribution is -2.44. The third kappa shape index (κ3) is 5.24. The summed E-state index contributed by atoms with van der Waals surface area (Å²) in [4.78, 5) is 33.2. The lowest BCUT2D eigenvalue weighted by Gasteiger charge is -2.30. The first-order chi connectivity index (χ1) is 17.0. The maximum Gasteiger partial charge on any atom is 0.264 e. The second-order valence-corrected chi connectivity index (χ2v) is 10.6. The van der Waals surface area contributed by atoms with E-state index in [2.05, 4.69) is 5.32 Å². The van der Waals surface area contributed by atoms with Crippen LogP contribution in [-0.4, -0.2) is 43.8 Å². The molecule has 1 aliphatic carbocycles. The SMILES string of the molecule is O=C(CNCc1ccc(Cl)cc1)N1CCc2nc(SC3CCC3)n(-c3ccccc3O)c(=O)c2C1. The Kier molecular flexibility index (Phi) is 7.13. The van der Waals surface area contributed by atoms with Crippen molar-refractivity contribution < 1.29 is 9.90 Å². The van der Waals surface area contributed by atoms with Gasteiger partial charge in [0.15, 0.2) is 5.16 Å². The van der Waals surface area contributed by atoms with Crippen LogP contribution in [0.3, 0.4) is 0 Å². The lowest BCUT2D eigenvalue weighted by atomic mass is 10.0. The summed E-state index contributed by atoms with van der Waals surface area (Å²) in [6.07, 6.45) is 3.92. The summed E-state index contributed by atoms with van der Waals surface area (Å²) in [5, 5.41) is 15.4. The maximum absolute atomic E-state index is 13.7. The number of benzene rings is 2. The fourth-order valence-electron chi connectivity index (χ4n) is 4.28. The van der Waals surface area contributed by atoms with Gasteiger partial charge in [0.2, 0.25) is 5.91 Å². The first-order valence-corrected chi connectivity index (χ1v) is 13.1. The van der Waals surface area contributed by atoms with Gasteiger partial charge in [-0.15, -0.1) is 0 Å². The highest BCUT2D eigenvalue weighted by Gasteiger charge is 2.29. The highest BCUT2D eigenvalue weighted by atomic mass is 35.5. The van der Waals surface area contributed by atoms with Gasteiger partial charge in [-0.3, -0.25) is 14.2 Å². The van der Waals surface area contributed by atoms with E-state index < -0.39 is 0 Å². The molecule has 1 aliphatic heterocycles. The molecule has 1 aromatic heterocycles. The van der Waals surface area contributed by atoms with Crippen LogP contribution in [0.4, 0.5) is 0 Å². The third-order valence-corrected chi connectivity index (χ3v) is 8.06. The zero-order valence-electron chi connectivity index (χ0n) is 19.2. The molecule has 0 saturated heterocycles. The van der Waals surface area contributed by atoms with E-state index in [4.69, 9.17) is 16.6 Å². The summed E-state index contributed by atoms with van der Waals surface area (Å²) in [5.74, 6) is -0.0343.